The van der Waals surface area contributed by atoms with E-state index in [1.807, 2.05) is 46.3 Å². The largest absolute Gasteiger partial charge is 0.297 e. The normalized spacial score (nSPS) is 12.8. The molecule has 0 aliphatic carbocycles. The van der Waals surface area contributed by atoms with Gasteiger partial charge < -0.3 is 0 Å². The van der Waals surface area contributed by atoms with Crippen LogP contribution in [0.5, 0.6) is 0 Å². The van der Waals surface area contributed by atoms with Crippen molar-refractivity contribution in [2.45, 2.75) is 26.2 Å². The summed E-state index contributed by atoms with van der Waals surface area (Å²) in [7, 11) is 0. The molecule has 27 heavy (non-hydrogen) atoms. The minimum atomic E-state index is 0.258. The van der Waals surface area contributed by atoms with Gasteiger partial charge >= 0.3 is 0 Å². The summed E-state index contributed by atoms with van der Waals surface area (Å²) in [6.07, 6.45) is 2.98. The number of fused-ring (bicyclic) bond motifs is 2. The zero-order chi connectivity index (χ0) is 18.4. The lowest BCUT2D eigenvalue weighted by Gasteiger charge is -2.11. The number of nitrogens with zero attached hydrogens (tertiary/aromatic N) is 6. The van der Waals surface area contributed by atoms with Crippen molar-refractivity contribution in [3.63, 3.8) is 0 Å². The first kappa shape index (κ1) is 16.1. The number of rotatable bonds is 4. The van der Waals surface area contributed by atoms with Crippen LogP contribution in [0.25, 0.3) is 22.1 Å². The van der Waals surface area contributed by atoms with E-state index in [1.54, 1.807) is 11.3 Å². The van der Waals surface area contributed by atoms with Gasteiger partial charge in [-0.3, -0.25) is 4.40 Å². The highest BCUT2D eigenvalue weighted by atomic mass is 32.1. The van der Waals surface area contributed by atoms with Crippen LogP contribution in [0.3, 0.4) is 0 Å². The number of hydrogen-bond acceptors (Lipinski definition) is 5. The van der Waals surface area contributed by atoms with E-state index in [1.165, 1.54) is 5.56 Å². The number of hydrogen-bond donors (Lipinski definition) is 0. The lowest BCUT2D eigenvalue weighted by atomic mass is 9.97. The molecule has 0 spiro atoms. The van der Waals surface area contributed by atoms with Crippen molar-refractivity contribution in [3.05, 3.63) is 71.0 Å². The molecule has 0 saturated carbocycles. The van der Waals surface area contributed by atoms with Crippen LogP contribution < -0.4 is 0 Å². The van der Waals surface area contributed by atoms with Crippen LogP contribution in [0, 0.1) is 6.92 Å². The number of pyridine rings is 1. The maximum Gasteiger partial charge on any atom is 0.235 e. The van der Waals surface area contributed by atoms with E-state index in [-0.39, 0.29) is 5.92 Å². The Labute approximate surface area is 160 Å². The van der Waals surface area contributed by atoms with E-state index in [4.69, 9.17) is 5.10 Å². The molecule has 5 rings (SSSR count). The second kappa shape index (κ2) is 6.28. The van der Waals surface area contributed by atoms with Gasteiger partial charge in [0.15, 0.2) is 0 Å². The smallest absolute Gasteiger partial charge is 0.235 e. The molecule has 0 aliphatic rings. The van der Waals surface area contributed by atoms with Gasteiger partial charge in [0.25, 0.3) is 0 Å². The van der Waals surface area contributed by atoms with Gasteiger partial charge in [-0.15, -0.1) is 10.2 Å². The Bertz CT molecular complexity index is 1230. The number of imidazole rings is 1. The first-order valence-electron chi connectivity index (χ1n) is 8.97. The van der Waals surface area contributed by atoms with Crippen molar-refractivity contribution in [1.29, 1.82) is 0 Å². The second-order valence-corrected chi connectivity index (χ2v) is 7.49. The molecule has 5 aromatic rings. The van der Waals surface area contributed by atoms with E-state index in [0.29, 0.717) is 0 Å². The Morgan fingerprint density at radius 3 is 2.67 bits per heavy atom. The molecule has 1 atom stereocenters. The van der Waals surface area contributed by atoms with Crippen LogP contribution >= 0.6 is 11.3 Å². The van der Waals surface area contributed by atoms with Crippen LogP contribution in [0.2, 0.25) is 0 Å². The molecule has 1 unspecified atom stereocenters. The Balaban J connectivity index is 1.67. The van der Waals surface area contributed by atoms with Gasteiger partial charge in [0.2, 0.25) is 10.8 Å². The summed E-state index contributed by atoms with van der Waals surface area (Å²) >= 11 is 1.60. The summed E-state index contributed by atoms with van der Waals surface area (Å²) < 4.78 is 3.90. The lowest BCUT2D eigenvalue weighted by Crippen LogP contribution is -2.01. The predicted molar refractivity (Wildman–Crippen MR) is 106 cm³/mol. The molecule has 0 fully saturated rings. The summed E-state index contributed by atoms with van der Waals surface area (Å²) in [5, 5.41) is 14.7. The molecule has 0 saturated heterocycles. The molecule has 0 aliphatic heterocycles. The molecule has 7 heteroatoms. The molecule has 4 aromatic heterocycles. The van der Waals surface area contributed by atoms with Gasteiger partial charge in [-0.1, -0.05) is 54.7 Å². The molecule has 4 heterocycles. The second-order valence-electron chi connectivity index (χ2n) is 6.50. The summed E-state index contributed by atoms with van der Waals surface area (Å²) in [4.78, 5) is 5.44. The average molecular weight is 374 g/mol. The zero-order valence-corrected chi connectivity index (χ0v) is 15.9. The van der Waals surface area contributed by atoms with Crippen molar-refractivity contribution < 1.29 is 0 Å². The lowest BCUT2D eigenvalue weighted by molar-refractivity contribution is 0.743. The van der Waals surface area contributed by atoms with Crippen LogP contribution in [0.4, 0.5) is 0 Å². The third-order valence-corrected chi connectivity index (χ3v) is 5.84. The topological polar surface area (TPSA) is 60.4 Å². The molecule has 134 valence electrons. The monoisotopic (exact) mass is 374 g/mol. The van der Waals surface area contributed by atoms with Crippen LogP contribution in [-0.2, 0) is 0 Å². The van der Waals surface area contributed by atoms with Crippen molar-refractivity contribution in [2.24, 2.45) is 0 Å². The average Bonchev–Trinajstić information content (AvgIpc) is 3.35. The summed E-state index contributed by atoms with van der Waals surface area (Å²) in [6, 6.07) is 16.5. The van der Waals surface area contributed by atoms with Crippen LogP contribution in [0.1, 0.15) is 35.5 Å². The fourth-order valence-corrected chi connectivity index (χ4v) is 4.59. The summed E-state index contributed by atoms with van der Waals surface area (Å²) in [5.74, 6) is 0.987. The molecule has 6 nitrogen and oxygen atoms in total. The van der Waals surface area contributed by atoms with Crippen LogP contribution in [0.15, 0.2) is 54.7 Å². The Morgan fingerprint density at radius 2 is 1.85 bits per heavy atom. The molecule has 0 amide bonds. The first-order chi connectivity index (χ1) is 13.3. The third kappa shape index (κ3) is 2.54. The highest BCUT2D eigenvalue weighted by Gasteiger charge is 2.22. The van der Waals surface area contributed by atoms with E-state index in [9.17, 15) is 0 Å². The molecule has 0 N–H and O–H groups in total. The maximum atomic E-state index is 4.89. The Kier molecular flexibility index (Phi) is 3.75. The van der Waals surface area contributed by atoms with Crippen molar-refractivity contribution >= 4 is 21.9 Å². The van der Waals surface area contributed by atoms with Gasteiger partial charge in [0.05, 0.1) is 5.69 Å². The van der Waals surface area contributed by atoms with Gasteiger partial charge in [0.1, 0.15) is 16.3 Å². The molecular formula is C20H18N6S. The number of benzene rings is 1. The zero-order valence-electron chi connectivity index (χ0n) is 15.1. The van der Waals surface area contributed by atoms with E-state index in [0.717, 1.165) is 39.2 Å². The molecule has 1 aromatic carbocycles. The Hall–Kier alpha value is -3.06. The standard InChI is InChI=1S/C20H18N6S/c1-3-15(14-9-5-4-6-10-14)19-24-26-18(22-23-20(26)27-19)17-13(2)21-16-11-7-8-12-25(16)17/h4-12,15H,3H2,1-2H3. The molecule has 0 bridgehead atoms. The molecular weight excluding hydrogens is 356 g/mol. The summed E-state index contributed by atoms with van der Waals surface area (Å²) in [5.41, 5.74) is 4.02. The Morgan fingerprint density at radius 1 is 1.04 bits per heavy atom. The van der Waals surface area contributed by atoms with Gasteiger partial charge in [-0.25, -0.2) is 4.98 Å². The maximum absolute atomic E-state index is 4.89. The number of aryl methyl sites for hydroxylation is 1. The number of aromatic nitrogens is 6. The quantitative estimate of drug-likeness (QED) is 0.469. The van der Waals surface area contributed by atoms with E-state index < -0.39 is 0 Å². The molecule has 0 radical (unpaired) electrons. The third-order valence-electron chi connectivity index (χ3n) is 4.83. The SMILES string of the molecule is CCC(c1ccccc1)c1nn2c(-c3c(C)nc4ccccn34)nnc2s1. The van der Waals surface area contributed by atoms with Crippen molar-refractivity contribution in [2.75, 3.05) is 0 Å². The predicted octanol–water partition coefficient (Wildman–Crippen LogP) is 4.35. The first-order valence-corrected chi connectivity index (χ1v) is 9.79. The van der Waals surface area contributed by atoms with E-state index >= 15 is 0 Å². The van der Waals surface area contributed by atoms with E-state index in [2.05, 4.69) is 46.4 Å². The van der Waals surface area contributed by atoms with Gasteiger partial charge in [-0.2, -0.15) is 9.61 Å². The summed E-state index contributed by atoms with van der Waals surface area (Å²) in [6.45, 7) is 4.19. The minimum Gasteiger partial charge on any atom is -0.297 e. The fraction of sp³-hybridized carbons (Fsp3) is 0.200. The fourth-order valence-electron chi connectivity index (χ4n) is 3.54. The highest BCUT2D eigenvalue weighted by molar-refractivity contribution is 7.16. The minimum absolute atomic E-state index is 0.258. The van der Waals surface area contributed by atoms with Crippen molar-refractivity contribution in [1.82, 2.24) is 29.2 Å². The van der Waals surface area contributed by atoms with Crippen LogP contribution in [-0.4, -0.2) is 29.2 Å². The highest BCUT2D eigenvalue weighted by Crippen LogP contribution is 2.32. The van der Waals surface area contributed by atoms with Gasteiger partial charge in [-0.05, 0) is 31.0 Å². The van der Waals surface area contributed by atoms with Gasteiger partial charge in [0, 0.05) is 12.1 Å². The van der Waals surface area contributed by atoms with Crippen molar-refractivity contribution in [3.8, 4) is 11.5 Å².